The number of hydrogen-bond donors (Lipinski definition) is 2. The van der Waals surface area contributed by atoms with Crippen molar-refractivity contribution in [3.63, 3.8) is 0 Å². The average molecular weight is 301 g/mol. The molecule has 0 saturated carbocycles. The molecule has 21 heavy (non-hydrogen) atoms. The van der Waals surface area contributed by atoms with Gasteiger partial charge in [-0.1, -0.05) is 0 Å². The third-order valence-electron chi connectivity index (χ3n) is 2.70. The van der Waals surface area contributed by atoms with Crippen molar-refractivity contribution in [2.24, 2.45) is 0 Å². The summed E-state index contributed by atoms with van der Waals surface area (Å²) in [5.41, 5.74) is 0.575. The Morgan fingerprint density at radius 1 is 1.10 bits per heavy atom. The van der Waals surface area contributed by atoms with Gasteiger partial charge in [0.1, 0.15) is 18.1 Å². The first-order valence-electron chi connectivity index (χ1n) is 6.40. The van der Waals surface area contributed by atoms with Crippen molar-refractivity contribution in [1.82, 2.24) is 0 Å². The number of aliphatic hydroxyl groups is 1. The third-order valence-corrected chi connectivity index (χ3v) is 3.86. The maximum Gasteiger partial charge on any atom is 0.119 e. The number of aliphatic hydroxyl groups excluding tert-OH is 1. The molecule has 0 aliphatic rings. The fourth-order valence-electron chi connectivity index (χ4n) is 1.60. The Morgan fingerprint density at radius 3 is 2.38 bits per heavy atom. The molecule has 2 N–H and O–H groups in total. The zero-order valence-corrected chi connectivity index (χ0v) is 12.1. The minimum Gasteiger partial charge on any atom is -0.508 e. The molecule has 0 bridgehead atoms. The normalized spacial score (nSPS) is 11.6. The quantitative estimate of drug-likeness (QED) is 0.803. The van der Waals surface area contributed by atoms with Gasteiger partial charge in [0.05, 0.1) is 17.7 Å². The van der Waals surface area contributed by atoms with Crippen LogP contribution in [0.15, 0.2) is 53.4 Å². The second-order valence-corrected chi connectivity index (χ2v) is 5.50. The van der Waals surface area contributed by atoms with Crippen LogP contribution in [0.1, 0.15) is 5.56 Å². The first-order chi connectivity index (χ1) is 10.2. The molecule has 0 aromatic heterocycles. The lowest BCUT2D eigenvalue weighted by Gasteiger charge is -2.12. The highest BCUT2D eigenvalue weighted by molar-refractivity contribution is 7.99. The summed E-state index contributed by atoms with van der Waals surface area (Å²) < 4.78 is 5.46. The van der Waals surface area contributed by atoms with Crippen LogP contribution >= 0.6 is 11.8 Å². The summed E-state index contributed by atoms with van der Waals surface area (Å²) in [6, 6.07) is 15.6. The highest BCUT2D eigenvalue weighted by Crippen LogP contribution is 2.21. The molecule has 0 saturated heterocycles. The van der Waals surface area contributed by atoms with E-state index in [1.165, 1.54) is 11.8 Å². The predicted molar refractivity (Wildman–Crippen MR) is 81.5 cm³/mol. The van der Waals surface area contributed by atoms with E-state index in [0.29, 0.717) is 17.1 Å². The monoisotopic (exact) mass is 301 g/mol. The van der Waals surface area contributed by atoms with E-state index in [1.807, 2.05) is 6.07 Å². The molecule has 5 heteroatoms. The van der Waals surface area contributed by atoms with Crippen LogP contribution in [0, 0.1) is 11.3 Å². The smallest absolute Gasteiger partial charge is 0.119 e. The standard InChI is InChI=1S/C16H15NO3S/c17-9-12-1-5-15(6-2-12)20-10-14(19)11-21-16-7-3-13(18)4-8-16/h1-8,14,18-19H,10-11H2. The first-order valence-corrected chi connectivity index (χ1v) is 7.39. The van der Waals surface area contributed by atoms with Gasteiger partial charge in [-0.2, -0.15) is 5.26 Å². The number of nitriles is 1. The van der Waals surface area contributed by atoms with Crippen LogP contribution in [0.25, 0.3) is 0 Å². The lowest BCUT2D eigenvalue weighted by molar-refractivity contribution is 0.126. The SMILES string of the molecule is N#Cc1ccc(OCC(O)CSc2ccc(O)cc2)cc1. The Labute approximate surface area is 127 Å². The summed E-state index contributed by atoms with van der Waals surface area (Å²) in [6.07, 6.45) is -0.598. The zero-order valence-electron chi connectivity index (χ0n) is 11.3. The molecule has 4 nitrogen and oxygen atoms in total. The number of benzene rings is 2. The number of phenolic OH excluding ortho intramolecular Hbond substituents is 1. The average Bonchev–Trinajstić information content (AvgIpc) is 2.53. The van der Waals surface area contributed by atoms with Crippen LogP contribution < -0.4 is 4.74 Å². The molecule has 0 heterocycles. The van der Waals surface area contributed by atoms with E-state index in [-0.39, 0.29) is 12.4 Å². The van der Waals surface area contributed by atoms with Crippen molar-refractivity contribution in [2.45, 2.75) is 11.0 Å². The molecule has 0 spiro atoms. The van der Waals surface area contributed by atoms with Gasteiger partial charge in [0.15, 0.2) is 0 Å². The zero-order chi connectivity index (χ0) is 15.1. The molecule has 0 radical (unpaired) electrons. The van der Waals surface area contributed by atoms with E-state index in [9.17, 15) is 10.2 Å². The highest BCUT2D eigenvalue weighted by Gasteiger charge is 2.06. The Morgan fingerprint density at radius 2 is 1.76 bits per heavy atom. The van der Waals surface area contributed by atoms with Gasteiger partial charge in [-0.3, -0.25) is 0 Å². The number of phenols is 1. The number of thioether (sulfide) groups is 1. The minimum absolute atomic E-state index is 0.191. The first kappa shape index (κ1) is 15.2. The van der Waals surface area contributed by atoms with E-state index in [2.05, 4.69) is 0 Å². The van der Waals surface area contributed by atoms with Crippen LogP contribution in [-0.4, -0.2) is 28.7 Å². The molecular formula is C16H15NO3S. The van der Waals surface area contributed by atoms with Gasteiger partial charge < -0.3 is 14.9 Å². The summed E-state index contributed by atoms with van der Waals surface area (Å²) in [6.45, 7) is 0.191. The molecule has 2 rings (SSSR count). The lowest BCUT2D eigenvalue weighted by Crippen LogP contribution is -2.20. The molecule has 2 aromatic carbocycles. The Kier molecular flexibility index (Phi) is 5.50. The fourth-order valence-corrected chi connectivity index (χ4v) is 2.41. The number of hydrogen-bond acceptors (Lipinski definition) is 5. The van der Waals surface area contributed by atoms with E-state index in [1.54, 1.807) is 48.5 Å². The van der Waals surface area contributed by atoms with Gasteiger partial charge in [0.2, 0.25) is 0 Å². The Bertz CT molecular complexity index is 605. The van der Waals surface area contributed by atoms with Gasteiger partial charge in [-0.05, 0) is 48.5 Å². The van der Waals surface area contributed by atoms with Crippen molar-refractivity contribution < 1.29 is 14.9 Å². The third kappa shape index (κ3) is 5.03. The number of rotatable bonds is 6. The molecule has 0 fully saturated rings. The summed E-state index contributed by atoms with van der Waals surface area (Å²) >= 11 is 1.49. The second-order valence-electron chi connectivity index (χ2n) is 4.41. The molecule has 1 atom stereocenters. The van der Waals surface area contributed by atoms with Crippen LogP contribution in [0.4, 0.5) is 0 Å². The molecule has 2 aromatic rings. The topological polar surface area (TPSA) is 73.5 Å². The molecule has 0 aliphatic heterocycles. The summed E-state index contributed by atoms with van der Waals surface area (Å²) in [5, 5.41) is 27.8. The van der Waals surface area contributed by atoms with Crippen molar-refractivity contribution in [1.29, 1.82) is 5.26 Å². The maximum absolute atomic E-state index is 9.88. The molecular weight excluding hydrogens is 286 g/mol. The van der Waals surface area contributed by atoms with E-state index >= 15 is 0 Å². The van der Waals surface area contributed by atoms with Gasteiger partial charge in [-0.25, -0.2) is 0 Å². The minimum atomic E-state index is -0.598. The summed E-state index contributed by atoms with van der Waals surface area (Å²) in [7, 11) is 0. The van der Waals surface area contributed by atoms with Crippen LogP contribution in [0.5, 0.6) is 11.5 Å². The van der Waals surface area contributed by atoms with Crippen molar-refractivity contribution in [2.75, 3.05) is 12.4 Å². The van der Waals surface area contributed by atoms with Crippen molar-refractivity contribution in [3.8, 4) is 17.6 Å². The van der Waals surface area contributed by atoms with Gasteiger partial charge >= 0.3 is 0 Å². The predicted octanol–water partition coefficient (Wildman–Crippen LogP) is 2.80. The lowest BCUT2D eigenvalue weighted by atomic mass is 10.2. The highest BCUT2D eigenvalue weighted by atomic mass is 32.2. The van der Waals surface area contributed by atoms with E-state index < -0.39 is 6.10 Å². The number of aromatic hydroxyl groups is 1. The van der Waals surface area contributed by atoms with Crippen molar-refractivity contribution in [3.05, 3.63) is 54.1 Å². The van der Waals surface area contributed by atoms with E-state index in [4.69, 9.17) is 10.00 Å². The van der Waals surface area contributed by atoms with E-state index in [0.717, 1.165) is 4.90 Å². The molecule has 108 valence electrons. The van der Waals surface area contributed by atoms with Crippen molar-refractivity contribution >= 4 is 11.8 Å². The van der Waals surface area contributed by atoms with Gasteiger partial charge in [-0.15, -0.1) is 11.8 Å². The summed E-state index contributed by atoms with van der Waals surface area (Å²) in [4.78, 5) is 0.977. The van der Waals surface area contributed by atoms with Gasteiger partial charge in [0.25, 0.3) is 0 Å². The van der Waals surface area contributed by atoms with Crippen LogP contribution in [-0.2, 0) is 0 Å². The molecule has 0 amide bonds. The number of nitrogens with zero attached hydrogens (tertiary/aromatic N) is 1. The fraction of sp³-hybridized carbons (Fsp3) is 0.188. The molecule has 0 aliphatic carbocycles. The molecule has 1 unspecified atom stereocenters. The Balaban J connectivity index is 1.75. The largest absolute Gasteiger partial charge is 0.508 e. The second kappa shape index (κ2) is 7.58. The number of ether oxygens (including phenoxy) is 1. The van der Waals surface area contributed by atoms with Crippen LogP contribution in [0.2, 0.25) is 0 Å². The van der Waals surface area contributed by atoms with Crippen LogP contribution in [0.3, 0.4) is 0 Å². The Hall–Kier alpha value is -2.16. The van der Waals surface area contributed by atoms with Gasteiger partial charge in [0, 0.05) is 10.6 Å². The summed E-state index contributed by atoms with van der Waals surface area (Å²) in [5.74, 6) is 1.35. The maximum atomic E-state index is 9.88.